The molecule has 0 spiro atoms. The van der Waals surface area contributed by atoms with Crippen molar-refractivity contribution in [2.45, 2.75) is 25.5 Å². The lowest BCUT2D eigenvalue weighted by Crippen LogP contribution is -2.18. The second-order valence-electron chi connectivity index (χ2n) is 7.01. The van der Waals surface area contributed by atoms with E-state index < -0.39 is 5.97 Å². The van der Waals surface area contributed by atoms with E-state index in [0.717, 1.165) is 30.6 Å². The van der Waals surface area contributed by atoms with Gasteiger partial charge in [-0.3, -0.25) is 4.68 Å². The molecule has 150 valence electrons. The number of carbonyl (C=O) groups is 1. The Hall–Kier alpha value is -3.12. The van der Waals surface area contributed by atoms with Crippen molar-refractivity contribution in [3.05, 3.63) is 71.9 Å². The van der Waals surface area contributed by atoms with Gasteiger partial charge in [-0.15, -0.1) is 0 Å². The molecule has 1 aliphatic heterocycles. The molecule has 4 rings (SSSR count). The highest BCUT2D eigenvalue weighted by Gasteiger charge is 2.24. The second kappa shape index (κ2) is 8.92. The lowest BCUT2D eigenvalue weighted by molar-refractivity contribution is 0.0162. The van der Waals surface area contributed by atoms with Crippen LogP contribution in [0.4, 0.5) is 0 Å². The summed E-state index contributed by atoms with van der Waals surface area (Å²) in [4.78, 5) is 12.9. The number of benzene rings is 2. The van der Waals surface area contributed by atoms with Crippen molar-refractivity contribution in [3.8, 4) is 17.0 Å². The molecule has 0 unspecified atom stereocenters. The number of esters is 1. The van der Waals surface area contributed by atoms with Gasteiger partial charge in [-0.25, -0.2) is 4.79 Å². The number of hydrogen-bond donors (Lipinski definition) is 0. The molecule has 1 aromatic heterocycles. The molecule has 1 aliphatic rings. The summed E-state index contributed by atoms with van der Waals surface area (Å²) in [6.45, 7) is 1.54. The third-order valence-corrected chi connectivity index (χ3v) is 4.96. The molecular formula is C23H24N2O4. The number of carbonyl (C=O) groups excluding carboxylic acids is 1. The lowest BCUT2D eigenvalue weighted by atomic mass is 10.1. The molecule has 6 nitrogen and oxygen atoms in total. The molecule has 1 atom stereocenters. The van der Waals surface area contributed by atoms with E-state index in [0.29, 0.717) is 23.6 Å². The number of ether oxygens (including phenoxy) is 3. The largest absolute Gasteiger partial charge is 0.496 e. The highest BCUT2D eigenvalue weighted by atomic mass is 16.6. The fourth-order valence-electron chi connectivity index (χ4n) is 3.48. The molecule has 1 saturated heterocycles. The van der Waals surface area contributed by atoms with Gasteiger partial charge in [-0.2, -0.15) is 5.10 Å². The quantitative estimate of drug-likeness (QED) is 0.570. The molecule has 0 bridgehead atoms. The predicted molar refractivity (Wildman–Crippen MR) is 109 cm³/mol. The summed E-state index contributed by atoms with van der Waals surface area (Å²) < 4.78 is 18.4. The van der Waals surface area contributed by atoms with Crippen molar-refractivity contribution in [2.24, 2.45) is 0 Å². The van der Waals surface area contributed by atoms with Crippen LogP contribution in [-0.4, -0.2) is 42.2 Å². The lowest BCUT2D eigenvalue weighted by Gasteiger charge is -2.11. The van der Waals surface area contributed by atoms with E-state index in [1.54, 1.807) is 18.0 Å². The standard InChI is InChI=1S/C23H24N2O4/c1-27-21-12-6-5-11-19(21)22-20(23(26)29-16-18-10-7-13-28-18)15-25(24-22)14-17-8-3-2-4-9-17/h2-6,8-9,11-12,15,18H,7,10,13-14,16H2,1H3/t18-/m0/s1. The van der Waals surface area contributed by atoms with Crippen LogP contribution in [0.15, 0.2) is 60.8 Å². The van der Waals surface area contributed by atoms with Gasteiger partial charge < -0.3 is 14.2 Å². The van der Waals surface area contributed by atoms with Crippen LogP contribution >= 0.6 is 0 Å². The van der Waals surface area contributed by atoms with Crippen LogP contribution in [0.5, 0.6) is 5.75 Å². The zero-order valence-electron chi connectivity index (χ0n) is 16.4. The Kier molecular flexibility index (Phi) is 5.91. The Bertz CT molecular complexity index is 962. The van der Waals surface area contributed by atoms with Crippen molar-refractivity contribution in [1.29, 1.82) is 0 Å². The molecule has 6 heteroatoms. The van der Waals surface area contributed by atoms with E-state index in [4.69, 9.17) is 14.2 Å². The molecule has 0 aliphatic carbocycles. The van der Waals surface area contributed by atoms with Gasteiger partial charge in [-0.1, -0.05) is 42.5 Å². The molecule has 0 radical (unpaired) electrons. The number of hydrogen-bond acceptors (Lipinski definition) is 5. The number of methoxy groups -OCH3 is 1. The van der Waals surface area contributed by atoms with Gasteiger partial charge in [-0.05, 0) is 30.5 Å². The van der Waals surface area contributed by atoms with Gasteiger partial charge in [0.25, 0.3) is 0 Å². The second-order valence-corrected chi connectivity index (χ2v) is 7.01. The van der Waals surface area contributed by atoms with Crippen LogP contribution < -0.4 is 4.74 Å². The van der Waals surface area contributed by atoms with Crippen molar-refractivity contribution < 1.29 is 19.0 Å². The molecule has 0 amide bonds. The Morgan fingerprint density at radius 3 is 2.72 bits per heavy atom. The summed E-state index contributed by atoms with van der Waals surface area (Å²) in [5, 5.41) is 4.69. The third-order valence-electron chi connectivity index (χ3n) is 4.96. The van der Waals surface area contributed by atoms with Gasteiger partial charge in [0.05, 0.1) is 19.8 Å². The molecule has 29 heavy (non-hydrogen) atoms. The number of para-hydroxylation sites is 1. The fraction of sp³-hybridized carbons (Fsp3) is 0.304. The molecule has 1 fully saturated rings. The monoisotopic (exact) mass is 392 g/mol. The van der Waals surface area contributed by atoms with Crippen LogP contribution in [0, 0.1) is 0 Å². The van der Waals surface area contributed by atoms with E-state index in [1.807, 2.05) is 54.6 Å². The van der Waals surface area contributed by atoms with Crippen molar-refractivity contribution >= 4 is 5.97 Å². The minimum Gasteiger partial charge on any atom is -0.496 e. The van der Waals surface area contributed by atoms with Gasteiger partial charge in [0.2, 0.25) is 0 Å². The van der Waals surface area contributed by atoms with Crippen molar-refractivity contribution in [2.75, 3.05) is 20.3 Å². The maximum atomic E-state index is 12.9. The molecule has 3 aromatic rings. The maximum absolute atomic E-state index is 12.9. The zero-order chi connectivity index (χ0) is 20.1. The Morgan fingerprint density at radius 2 is 1.97 bits per heavy atom. The summed E-state index contributed by atoms with van der Waals surface area (Å²) >= 11 is 0. The topological polar surface area (TPSA) is 62.6 Å². The van der Waals surface area contributed by atoms with Crippen molar-refractivity contribution in [3.63, 3.8) is 0 Å². The number of aromatic nitrogens is 2. The Labute approximate surface area is 170 Å². The molecule has 0 N–H and O–H groups in total. The van der Waals surface area contributed by atoms with Gasteiger partial charge in [0, 0.05) is 18.4 Å². The minimum absolute atomic E-state index is 0.0203. The van der Waals surface area contributed by atoms with Crippen molar-refractivity contribution in [1.82, 2.24) is 9.78 Å². The zero-order valence-corrected chi connectivity index (χ0v) is 16.4. The molecule has 0 saturated carbocycles. The number of rotatable bonds is 7. The summed E-state index contributed by atoms with van der Waals surface area (Å²) in [6, 6.07) is 17.5. The average molecular weight is 392 g/mol. The van der Waals surface area contributed by atoms with Crippen LogP contribution in [0.25, 0.3) is 11.3 Å². The van der Waals surface area contributed by atoms with Crippen LogP contribution in [0.3, 0.4) is 0 Å². The Morgan fingerprint density at radius 1 is 1.17 bits per heavy atom. The van der Waals surface area contributed by atoms with E-state index in [9.17, 15) is 4.79 Å². The first kappa shape index (κ1) is 19.2. The smallest absolute Gasteiger partial charge is 0.342 e. The fourth-order valence-corrected chi connectivity index (χ4v) is 3.48. The first-order valence-corrected chi connectivity index (χ1v) is 9.78. The SMILES string of the molecule is COc1ccccc1-c1nn(Cc2ccccc2)cc1C(=O)OC[C@@H]1CCCO1. The van der Waals surface area contributed by atoms with Crippen LogP contribution in [0.1, 0.15) is 28.8 Å². The van der Waals surface area contributed by atoms with Gasteiger partial charge in [0.1, 0.15) is 23.6 Å². The third kappa shape index (κ3) is 4.49. The predicted octanol–water partition coefficient (Wildman–Crippen LogP) is 3.94. The summed E-state index contributed by atoms with van der Waals surface area (Å²) in [5.41, 5.74) is 2.82. The summed E-state index contributed by atoms with van der Waals surface area (Å²) in [6.07, 6.45) is 3.64. The van der Waals surface area contributed by atoms with Crippen LogP contribution in [0.2, 0.25) is 0 Å². The average Bonchev–Trinajstić information content (AvgIpc) is 3.43. The van der Waals surface area contributed by atoms with Gasteiger partial charge in [0.15, 0.2) is 0 Å². The summed E-state index contributed by atoms with van der Waals surface area (Å²) in [7, 11) is 1.61. The van der Waals surface area contributed by atoms with Gasteiger partial charge >= 0.3 is 5.97 Å². The van der Waals surface area contributed by atoms with E-state index in [-0.39, 0.29) is 12.7 Å². The first-order valence-electron chi connectivity index (χ1n) is 9.78. The molecule has 2 aromatic carbocycles. The highest BCUT2D eigenvalue weighted by molar-refractivity contribution is 5.96. The number of nitrogens with zero attached hydrogens (tertiary/aromatic N) is 2. The van der Waals surface area contributed by atoms with E-state index in [2.05, 4.69) is 5.10 Å². The molecular weight excluding hydrogens is 368 g/mol. The van der Waals surface area contributed by atoms with Crippen LogP contribution in [-0.2, 0) is 16.0 Å². The minimum atomic E-state index is -0.402. The maximum Gasteiger partial charge on any atom is 0.342 e. The highest BCUT2D eigenvalue weighted by Crippen LogP contribution is 2.31. The van der Waals surface area contributed by atoms with E-state index in [1.165, 1.54) is 0 Å². The first-order chi connectivity index (χ1) is 14.2. The summed E-state index contributed by atoms with van der Waals surface area (Å²) in [5.74, 6) is 0.256. The normalized spacial score (nSPS) is 16.0. The molecule has 2 heterocycles. The van der Waals surface area contributed by atoms with E-state index >= 15 is 0 Å². The Balaban J connectivity index is 1.64.